The lowest BCUT2D eigenvalue weighted by Gasteiger charge is -2.41. The maximum Gasteiger partial charge on any atom is 0.234 e. The first-order valence-electron chi connectivity index (χ1n) is 12.2. The molecule has 33 heavy (non-hydrogen) atoms. The lowest BCUT2D eigenvalue weighted by molar-refractivity contribution is -0.137. The molecule has 0 bridgehead atoms. The molecular formula is C26H36N4O3. The van der Waals surface area contributed by atoms with Crippen molar-refractivity contribution in [1.29, 1.82) is 0 Å². The van der Waals surface area contributed by atoms with Crippen LogP contribution in [0.25, 0.3) is 10.8 Å². The number of nitrogens with two attached hydrogens (primary N) is 1. The molecule has 2 aliphatic heterocycles. The zero-order chi connectivity index (χ0) is 23.4. The van der Waals surface area contributed by atoms with Crippen molar-refractivity contribution in [2.24, 2.45) is 0 Å². The molecule has 2 aliphatic rings. The number of pyridine rings is 1. The van der Waals surface area contributed by atoms with Crippen molar-refractivity contribution in [2.45, 2.75) is 76.4 Å². The molecule has 0 saturated carbocycles. The van der Waals surface area contributed by atoms with Gasteiger partial charge in [0.15, 0.2) is 5.78 Å². The van der Waals surface area contributed by atoms with Crippen LogP contribution in [-0.4, -0.2) is 59.0 Å². The summed E-state index contributed by atoms with van der Waals surface area (Å²) >= 11 is 0. The number of fused-ring (bicyclic) bond motifs is 1. The van der Waals surface area contributed by atoms with Crippen LogP contribution in [0.15, 0.2) is 30.5 Å². The van der Waals surface area contributed by atoms with Gasteiger partial charge in [-0.05, 0) is 50.1 Å². The monoisotopic (exact) mass is 452 g/mol. The molecule has 1 amide bonds. The molecule has 2 fully saturated rings. The molecule has 7 heteroatoms. The largest absolute Gasteiger partial charge is 0.383 e. The Morgan fingerprint density at radius 2 is 1.91 bits per heavy atom. The Kier molecular flexibility index (Phi) is 7.29. The van der Waals surface area contributed by atoms with E-state index in [4.69, 9.17) is 10.5 Å². The molecule has 7 nitrogen and oxygen atoms in total. The fourth-order valence-electron chi connectivity index (χ4n) is 5.36. The number of piperidine rings is 1. The summed E-state index contributed by atoms with van der Waals surface area (Å²) in [6.07, 6.45) is 7.19. The van der Waals surface area contributed by atoms with E-state index in [1.54, 1.807) is 6.20 Å². The molecule has 0 spiro atoms. The number of carbonyl (C=O) groups excluding carboxylic acids is 2. The van der Waals surface area contributed by atoms with E-state index in [-0.39, 0.29) is 11.7 Å². The second-order valence-electron chi connectivity index (χ2n) is 9.72. The second-order valence-corrected chi connectivity index (χ2v) is 9.72. The van der Waals surface area contributed by atoms with Crippen molar-refractivity contribution in [3.05, 3.63) is 36.0 Å². The fraction of sp³-hybridized carbons (Fsp3) is 0.577. The first kappa shape index (κ1) is 23.6. The summed E-state index contributed by atoms with van der Waals surface area (Å²) in [4.78, 5) is 32.9. The Bertz CT molecular complexity index is 992. The lowest BCUT2D eigenvalue weighted by atomic mass is 9.82. The number of aromatic nitrogens is 1. The Morgan fingerprint density at radius 1 is 1.18 bits per heavy atom. The van der Waals surface area contributed by atoms with Crippen LogP contribution in [0.4, 0.5) is 5.82 Å². The minimum absolute atomic E-state index is 0.0560. The zero-order valence-corrected chi connectivity index (χ0v) is 19.8. The number of benzene rings is 1. The third-order valence-corrected chi connectivity index (χ3v) is 7.46. The topological polar surface area (TPSA) is 97.6 Å². The van der Waals surface area contributed by atoms with Crippen molar-refractivity contribution in [3.63, 3.8) is 0 Å². The van der Waals surface area contributed by atoms with Crippen LogP contribution in [0.5, 0.6) is 0 Å². The highest BCUT2D eigenvalue weighted by atomic mass is 16.5. The van der Waals surface area contributed by atoms with E-state index in [9.17, 15) is 9.59 Å². The zero-order valence-electron chi connectivity index (χ0n) is 19.8. The normalized spacial score (nSPS) is 23.3. The summed E-state index contributed by atoms with van der Waals surface area (Å²) in [6, 6.07) is 8.73. The molecule has 3 heterocycles. The first-order chi connectivity index (χ1) is 15.9. The number of amides is 1. The number of nitrogens with one attached hydrogen (secondary N) is 1. The maximum atomic E-state index is 13.5. The van der Waals surface area contributed by atoms with Gasteiger partial charge in [0.1, 0.15) is 11.4 Å². The molecule has 178 valence electrons. The Morgan fingerprint density at radius 3 is 2.64 bits per heavy atom. The molecule has 0 aliphatic carbocycles. The molecule has 2 aromatic rings. The van der Waals surface area contributed by atoms with Gasteiger partial charge in [-0.15, -0.1) is 0 Å². The number of anilines is 1. The Balaban J connectivity index is 1.42. The summed E-state index contributed by atoms with van der Waals surface area (Å²) in [5, 5.41) is 5.10. The number of nitrogens with zero attached hydrogens (tertiary/aromatic N) is 2. The molecule has 0 unspecified atom stereocenters. The van der Waals surface area contributed by atoms with Crippen LogP contribution in [-0.2, 0) is 20.7 Å². The summed E-state index contributed by atoms with van der Waals surface area (Å²) in [5.74, 6) is 0.545. The van der Waals surface area contributed by atoms with Gasteiger partial charge in [-0.1, -0.05) is 24.6 Å². The van der Waals surface area contributed by atoms with E-state index in [1.807, 2.05) is 18.2 Å². The number of hydrogen-bond donors (Lipinski definition) is 2. The molecule has 2 saturated heterocycles. The van der Waals surface area contributed by atoms with Gasteiger partial charge in [-0.2, -0.15) is 0 Å². The van der Waals surface area contributed by atoms with E-state index in [0.29, 0.717) is 63.3 Å². The fourth-order valence-corrected chi connectivity index (χ4v) is 5.36. The van der Waals surface area contributed by atoms with E-state index in [1.165, 1.54) is 6.42 Å². The van der Waals surface area contributed by atoms with Crippen LogP contribution in [0.2, 0.25) is 0 Å². The second kappa shape index (κ2) is 10.2. The standard InChI is InChI=1S/C26H36N4O3/c1-18-4-3-5-19(2)30(18)17-24(32)29-26(11-14-33-15-12-26)23(31)9-7-20-6-8-22-21(16-20)10-13-28-25(22)27/h6,8,10,13,16,18-19H,3-5,7,9,11-12,14-15,17H2,1-2H3,(H2,27,28)(H,29,32)/t18-,19+. The smallest absolute Gasteiger partial charge is 0.234 e. The number of carbonyl (C=O) groups is 2. The minimum Gasteiger partial charge on any atom is -0.383 e. The average Bonchev–Trinajstić information content (AvgIpc) is 2.80. The third-order valence-electron chi connectivity index (χ3n) is 7.46. The van der Waals surface area contributed by atoms with Crippen molar-refractivity contribution < 1.29 is 14.3 Å². The van der Waals surface area contributed by atoms with Crippen LogP contribution in [0, 0.1) is 0 Å². The van der Waals surface area contributed by atoms with Crippen molar-refractivity contribution >= 4 is 28.3 Å². The van der Waals surface area contributed by atoms with Crippen LogP contribution < -0.4 is 11.1 Å². The molecule has 2 atom stereocenters. The summed E-state index contributed by atoms with van der Waals surface area (Å²) in [5.41, 5.74) is 6.20. The molecule has 4 rings (SSSR count). The summed E-state index contributed by atoms with van der Waals surface area (Å²) in [7, 11) is 0. The van der Waals surface area contributed by atoms with Crippen molar-refractivity contribution in [1.82, 2.24) is 15.2 Å². The third kappa shape index (κ3) is 5.36. The van der Waals surface area contributed by atoms with Gasteiger partial charge in [-0.3, -0.25) is 14.5 Å². The van der Waals surface area contributed by atoms with Crippen LogP contribution in [0.1, 0.15) is 57.9 Å². The lowest BCUT2D eigenvalue weighted by Crippen LogP contribution is -2.60. The summed E-state index contributed by atoms with van der Waals surface area (Å²) in [6.45, 7) is 5.70. The number of Topliss-reactive ketones (excluding diaryl/α,β-unsaturated/α-hetero) is 1. The number of likely N-dealkylation sites (tertiary alicyclic amines) is 1. The highest BCUT2D eigenvalue weighted by Gasteiger charge is 2.41. The number of ether oxygens (including phenoxy) is 1. The summed E-state index contributed by atoms with van der Waals surface area (Å²) < 4.78 is 5.53. The Labute approximate surface area is 196 Å². The molecule has 1 aromatic carbocycles. The maximum absolute atomic E-state index is 13.5. The number of hydrogen-bond acceptors (Lipinski definition) is 6. The highest BCUT2D eigenvalue weighted by molar-refractivity contribution is 5.94. The van der Waals surface area contributed by atoms with Gasteiger partial charge in [0.05, 0.1) is 6.54 Å². The average molecular weight is 453 g/mol. The van der Waals surface area contributed by atoms with E-state index < -0.39 is 5.54 Å². The van der Waals surface area contributed by atoms with Gasteiger partial charge in [0.25, 0.3) is 0 Å². The number of nitrogen functional groups attached to an aromatic ring is 1. The number of aryl methyl sites for hydroxylation is 1. The first-order valence-corrected chi connectivity index (χ1v) is 12.2. The predicted octanol–water partition coefficient (Wildman–Crippen LogP) is 3.25. The molecule has 3 N–H and O–H groups in total. The van der Waals surface area contributed by atoms with Crippen molar-refractivity contribution in [3.8, 4) is 0 Å². The number of rotatable bonds is 7. The molecular weight excluding hydrogens is 416 g/mol. The predicted molar refractivity (Wildman–Crippen MR) is 130 cm³/mol. The van der Waals surface area contributed by atoms with Gasteiger partial charge in [0.2, 0.25) is 5.91 Å². The van der Waals surface area contributed by atoms with Crippen LogP contribution >= 0.6 is 0 Å². The SMILES string of the molecule is C[C@@H]1CCC[C@H](C)N1CC(=O)NC1(C(=O)CCc2ccc3c(N)nccc3c2)CCOCC1. The van der Waals surface area contributed by atoms with E-state index in [2.05, 4.69) is 35.1 Å². The number of ketones is 1. The van der Waals surface area contributed by atoms with Gasteiger partial charge in [-0.25, -0.2) is 4.98 Å². The van der Waals surface area contributed by atoms with Gasteiger partial charge in [0, 0.05) is 56.1 Å². The van der Waals surface area contributed by atoms with E-state index in [0.717, 1.165) is 29.2 Å². The quantitative estimate of drug-likeness (QED) is 0.669. The Hall–Kier alpha value is -2.51. The van der Waals surface area contributed by atoms with Crippen molar-refractivity contribution in [2.75, 3.05) is 25.5 Å². The molecule has 1 aromatic heterocycles. The van der Waals surface area contributed by atoms with Crippen LogP contribution in [0.3, 0.4) is 0 Å². The van der Waals surface area contributed by atoms with Gasteiger partial charge < -0.3 is 15.8 Å². The minimum atomic E-state index is -0.831. The van der Waals surface area contributed by atoms with E-state index >= 15 is 0 Å². The molecule has 0 radical (unpaired) electrons. The highest BCUT2D eigenvalue weighted by Crippen LogP contribution is 2.27. The van der Waals surface area contributed by atoms with Gasteiger partial charge >= 0.3 is 0 Å².